The summed E-state index contributed by atoms with van der Waals surface area (Å²) in [4.78, 5) is 19.9. The maximum absolute atomic E-state index is 12.9. The molecule has 0 amide bonds. The molecule has 0 aliphatic rings. The Morgan fingerprint density at radius 3 is 2.14 bits per heavy atom. The number of esters is 1. The minimum Gasteiger partial charge on any atom is -0.465 e. The number of unbranched alkanes of at least 4 members (excludes halogenated alkanes) is 9. The number of benzene rings is 1. The molecule has 0 fully saturated rings. The first-order valence-corrected chi connectivity index (χ1v) is 14.6. The number of carbonyl (C=O) groups excluding carboxylic acids is 1. The third kappa shape index (κ3) is 9.49. The van der Waals surface area contributed by atoms with Gasteiger partial charge in [-0.1, -0.05) is 71.6 Å². The summed E-state index contributed by atoms with van der Waals surface area (Å²) in [6.07, 6.45) is 13.3. The van der Waals surface area contributed by atoms with Gasteiger partial charge in [-0.2, -0.15) is 0 Å². The van der Waals surface area contributed by atoms with E-state index in [1.165, 1.54) is 51.4 Å². The first-order chi connectivity index (χ1) is 17.1. The maximum atomic E-state index is 12.9. The molecule has 5 nitrogen and oxygen atoms in total. The summed E-state index contributed by atoms with van der Waals surface area (Å²) in [5, 5.41) is 0. The molecule has 1 heterocycles. The summed E-state index contributed by atoms with van der Waals surface area (Å²) in [5.74, 6) is 1.29. The zero-order valence-electron chi connectivity index (χ0n) is 22.0. The first-order valence-electron chi connectivity index (χ1n) is 13.6. The second-order valence-corrected chi connectivity index (χ2v) is 10.1. The van der Waals surface area contributed by atoms with Crippen LogP contribution in [-0.4, -0.2) is 47.0 Å². The molecule has 198 valence electrons. The molecule has 0 aliphatic heterocycles. The molecule has 2 rings (SSSR count). The summed E-state index contributed by atoms with van der Waals surface area (Å²) in [6, 6.07) is 6.18. The molecule has 0 spiro atoms. The largest absolute Gasteiger partial charge is 0.465 e. The molecular formula is C28H45Cl2N3O2. The molecule has 1 aromatic carbocycles. The second kappa shape index (κ2) is 17.1. The molecule has 0 bridgehead atoms. The average molecular weight is 527 g/mol. The SMILES string of the molecule is CCCCCCCCCCCCOC(=O)C(CC)c1nc2cc(N(CCCl)CCCl)ccc2n1C. The number of rotatable bonds is 19. The Kier molecular flexibility index (Phi) is 14.5. The molecule has 0 aliphatic carbocycles. The molecule has 35 heavy (non-hydrogen) atoms. The van der Waals surface area contributed by atoms with Crippen molar-refractivity contribution in [3.8, 4) is 0 Å². The van der Waals surface area contributed by atoms with Crippen LogP contribution in [0.4, 0.5) is 5.69 Å². The number of imidazole rings is 1. The smallest absolute Gasteiger partial charge is 0.316 e. The molecule has 1 aromatic heterocycles. The van der Waals surface area contributed by atoms with Gasteiger partial charge >= 0.3 is 5.97 Å². The minimum absolute atomic E-state index is 0.173. The van der Waals surface area contributed by atoms with Crippen LogP contribution in [0.25, 0.3) is 11.0 Å². The number of aromatic nitrogens is 2. The van der Waals surface area contributed by atoms with Crippen molar-refractivity contribution in [2.24, 2.45) is 7.05 Å². The Morgan fingerprint density at radius 1 is 0.971 bits per heavy atom. The third-order valence-electron chi connectivity index (χ3n) is 6.72. The van der Waals surface area contributed by atoms with Crippen molar-refractivity contribution >= 4 is 45.9 Å². The lowest BCUT2D eigenvalue weighted by Crippen LogP contribution is -2.27. The van der Waals surface area contributed by atoms with Gasteiger partial charge in [-0.05, 0) is 31.0 Å². The highest BCUT2D eigenvalue weighted by Gasteiger charge is 2.26. The van der Waals surface area contributed by atoms with Crippen LogP contribution < -0.4 is 4.90 Å². The number of halogens is 2. The van der Waals surface area contributed by atoms with Crippen LogP contribution in [0.15, 0.2) is 18.2 Å². The van der Waals surface area contributed by atoms with Gasteiger partial charge in [0.05, 0.1) is 17.6 Å². The van der Waals surface area contributed by atoms with Gasteiger partial charge in [0, 0.05) is 37.6 Å². The van der Waals surface area contributed by atoms with Crippen LogP contribution in [-0.2, 0) is 16.6 Å². The predicted octanol–water partition coefficient (Wildman–Crippen LogP) is 7.82. The van der Waals surface area contributed by atoms with E-state index in [2.05, 4.69) is 30.0 Å². The Balaban J connectivity index is 1.87. The van der Waals surface area contributed by atoms with E-state index >= 15 is 0 Å². The topological polar surface area (TPSA) is 47.4 Å². The summed E-state index contributed by atoms with van der Waals surface area (Å²) in [7, 11) is 1.97. The molecule has 0 saturated carbocycles. The van der Waals surface area contributed by atoms with Crippen LogP contribution in [0.2, 0.25) is 0 Å². The maximum Gasteiger partial charge on any atom is 0.316 e. The zero-order chi connectivity index (χ0) is 25.5. The quantitative estimate of drug-likeness (QED) is 0.106. The lowest BCUT2D eigenvalue weighted by Gasteiger charge is -2.22. The molecular weight excluding hydrogens is 481 g/mol. The lowest BCUT2D eigenvalue weighted by molar-refractivity contribution is -0.146. The number of anilines is 1. The number of hydrogen-bond acceptors (Lipinski definition) is 4. The van der Waals surface area contributed by atoms with E-state index in [0.29, 0.717) is 24.8 Å². The lowest BCUT2D eigenvalue weighted by atomic mass is 10.1. The van der Waals surface area contributed by atoms with Gasteiger partial charge in [0.2, 0.25) is 0 Å². The molecule has 2 aromatic rings. The fourth-order valence-corrected chi connectivity index (χ4v) is 5.01. The highest BCUT2D eigenvalue weighted by Crippen LogP contribution is 2.28. The third-order valence-corrected chi connectivity index (χ3v) is 7.06. The number of hydrogen-bond donors (Lipinski definition) is 0. The Hall–Kier alpha value is -1.46. The number of aryl methyl sites for hydroxylation is 1. The summed E-state index contributed by atoms with van der Waals surface area (Å²) >= 11 is 11.9. The number of carbonyl (C=O) groups is 1. The van der Waals surface area contributed by atoms with Gasteiger partial charge in [0.15, 0.2) is 0 Å². The van der Waals surface area contributed by atoms with Crippen molar-refractivity contribution in [1.29, 1.82) is 0 Å². The van der Waals surface area contributed by atoms with Gasteiger partial charge in [0.1, 0.15) is 11.7 Å². The van der Waals surface area contributed by atoms with E-state index in [0.717, 1.165) is 48.5 Å². The van der Waals surface area contributed by atoms with E-state index in [1.807, 2.05) is 18.5 Å². The van der Waals surface area contributed by atoms with Gasteiger partial charge < -0.3 is 14.2 Å². The molecule has 1 unspecified atom stereocenters. The highest BCUT2D eigenvalue weighted by atomic mass is 35.5. The van der Waals surface area contributed by atoms with E-state index in [1.54, 1.807) is 0 Å². The Labute approximate surface area is 222 Å². The van der Waals surface area contributed by atoms with Crippen molar-refractivity contribution in [2.45, 2.75) is 90.4 Å². The van der Waals surface area contributed by atoms with Crippen LogP contribution >= 0.6 is 23.2 Å². The zero-order valence-corrected chi connectivity index (χ0v) is 23.5. The van der Waals surface area contributed by atoms with Crippen molar-refractivity contribution in [3.63, 3.8) is 0 Å². The average Bonchev–Trinajstić information content (AvgIpc) is 3.18. The van der Waals surface area contributed by atoms with Crippen LogP contribution in [0.1, 0.15) is 96.2 Å². The van der Waals surface area contributed by atoms with Crippen LogP contribution in [0.5, 0.6) is 0 Å². The fourth-order valence-electron chi connectivity index (χ4n) is 4.61. The van der Waals surface area contributed by atoms with E-state index in [-0.39, 0.29) is 11.9 Å². The van der Waals surface area contributed by atoms with E-state index < -0.39 is 0 Å². The summed E-state index contributed by atoms with van der Waals surface area (Å²) < 4.78 is 7.68. The second-order valence-electron chi connectivity index (χ2n) is 9.38. The number of alkyl halides is 2. The summed E-state index contributed by atoms with van der Waals surface area (Å²) in [6.45, 7) is 6.21. The van der Waals surface area contributed by atoms with Crippen LogP contribution in [0, 0.1) is 0 Å². The number of nitrogens with zero attached hydrogens (tertiary/aromatic N) is 3. The Bertz CT molecular complexity index is 865. The normalized spacial score (nSPS) is 12.3. The van der Waals surface area contributed by atoms with Gasteiger partial charge in [0.25, 0.3) is 0 Å². The van der Waals surface area contributed by atoms with Crippen LogP contribution in [0.3, 0.4) is 0 Å². The molecule has 1 atom stereocenters. The van der Waals surface area contributed by atoms with Gasteiger partial charge in [-0.15, -0.1) is 23.2 Å². The van der Waals surface area contributed by atoms with E-state index in [4.69, 9.17) is 32.9 Å². The number of ether oxygens (including phenoxy) is 1. The predicted molar refractivity (Wildman–Crippen MR) is 150 cm³/mol. The Morgan fingerprint density at radius 2 is 1.57 bits per heavy atom. The van der Waals surface area contributed by atoms with Gasteiger partial charge in [-0.25, -0.2) is 4.98 Å². The molecule has 0 saturated heterocycles. The van der Waals surface area contributed by atoms with Crippen molar-refractivity contribution < 1.29 is 9.53 Å². The van der Waals surface area contributed by atoms with Crippen molar-refractivity contribution in [3.05, 3.63) is 24.0 Å². The molecule has 0 radical (unpaired) electrons. The van der Waals surface area contributed by atoms with E-state index in [9.17, 15) is 4.79 Å². The number of fused-ring (bicyclic) bond motifs is 1. The monoisotopic (exact) mass is 525 g/mol. The first kappa shape index (κ1) is 29.8. The summed E-state index contributed by atoms with van der Waals surface area (Å²) in [5.41, 5.74) is 2.91. The molecule has 0 N–H and O–H groups in total. The highest BCUT2D eigenvalue weighted by molar-refractivity contribution is 6.18. The molecule has 7 heteroatoms. The van der Waals surface area contributed by atoms with Crippen molar-refractivity contribution in [2.75, 3.05) is 36.4 Å². The standard InChI is InChI=1S/C28H45Cl2N3O2/c1-4-6-7-8-9-10-11-12-13-14-21-35-28(34)24(5-2)27-31-25-22-23(15-16-26(25)32(27)3)33(19-17-29)20-18-30/h15-16,22,24H,4-14,17-21H2,1-3H3. The van der Waals surface area contributed by atoms with Crippen molar-refractivity contribution in [1.82, 2.24) is 9.55 Å². The van der Waals surface area contributed by atoms with Gasteiger partial charge in [-0.3, -0.25) is 4.79 Å². The fraction of sp³-hybridized carbons (Fsp3) is 0.714. The minimum atomic E-state index is -0.360.